The van der Waals surface area contributed by atoms with Gasteiger partial charge in [0.1, 0.15) is 18.0 Å². The van der Waals surface area contributed by atoms with Crippen LogP contribution in [0.3, 0.4) is 0 Å². The molecule has 146 valence electrons. The standard InChI is InChI=1S/C18H19ClFN3O3.ClH/c1-23(18(24)13-3-2-6-21-10-13)26-16-11-22-7-8-25-17(16)12-4-5-14(19)15(20)9-12;/h2-6,9-10,16-17,22H,7-8,11H2,1H3;1H/t16-,17+;/m1./s1. The summed E-state index contributed by atoms with van der Waals surface area (Å²) in [6.07, 6.45) is 1.99. The van der Waals surface area contributed by atoms with Crippen molar-refractivity contribution >= 4 is 29.9 Å². The minimum Gasteiger partial charge on any atom is -0.369 e. The molecule has 1 aromatic carbocycles. The van der Waals surface area contributed by atoms with Crippen molar-refractivity contribution in [3.8, 4) is 0 Å². The number of carbonyl (C=O) groups is 1. The molecule has 1 fully saturated rings. The molecule has 1 aliphatic heterocycles. The van der Waals surface area contributed by atoms with Crippen molar-refractivity contribution in [1.82, 2.24) is 15.4 Å². The lowest BCUT2D eigenvalue weighted by Gasteiger charge is -2.29. The van der Waals surface area contributed by atoms with Gasteiger partial charge in [0.15, 0.2) is 0 Å². The lowest BCUT2D eigenvalue weighted by atomic mass is 10.0. The SMILES string of the molecule is CN(O[C@@H]1CNCCO[C@H]1c1ccc(Cl)c(F)c1)C(=O)c1cccnc1.Cl. The molecule has 0 radical (unpaired) electrons. The molecule has 9 heteroatoms. The van der Waals surface area contributed by atoms with Crippen LogP contribution in [0.25, 0.3) is 0 Å². The molecule has 0 saturated carbocycles. The van der Waals surface area contributed by atoms with E-state index in [1.54, 1.807) is 24.4 Å². The highest BCUT2D eigenvalue weighted by Gasteiger charge is 2.30. The maximum absolute atomic E-state index is 13.9. The Bertz CT molecular complexity index is 767. The van der Waals surface area contributed by atoms with E-state index in [0.717, 1.165) is 5.06 Å². The summed E-state index contributed by atoms with van der Waals surface area (Å²) in [4.78, 5) is 22.2. The van der Waals surface area contributed by atoms with Crippen molar-refractivity contribution in [2.24, 2.45) is 0 Å². The van der Waals surface area contributed by atoms with Gasteiger partial charge < -0.3 is 10.1 Å². The molecule has 2 aromatic rings. The number of hydroxylamine groups is 2. The number of rotatable bonds is 4. The van der Waals surface area contributed by atoms with E-state index in [4.69, 9.17) is 21.2 Å². The average molecular weight is 416 g/mol. The number of halogens is 3. The molecular weight excluding hydrogens is 396 g/mol. The number of nitrogens with one attached hydrogen (secondary N) is 1. The number of amides is 1. The second-order valence-electron chi connectivity index (χ2n) is 5.86. The normalized spacial score (nSPS) is 19.7. The zero-order chi connectivity index (χ0) is 18.5. The molecule has 1 saturated heterocycles. The number of carbonyl (C=O) groups excluding carboxylic acids is 1. The van der Waals surface area contributed by atoms with Gasteiger partial charge in [-0.2, -0.15) is 0 Å². The van der Waals surface area contributed by atoms with Crippen LogP contribution < -0.4 is 5.32 Å². The number of nitrogens with zero attached hydrogens (tertiary/aromatic N) is 2. The monoisotopic (exact) mass is 415 g/mol. The summed E-state index contributed by atoms with van der Waals surface area (Å²) in [5.74, 6) is -0.855. The predicted octanol–water partition coefficient (Wildman–Crippen LogP) is 3.03. The third-order valence-corrected chi connectivity index (χ3v) is 4.33. The van der Waals surface area contributed by atoms with E-state index in [-0.39, 0.29) is 23.3 Å². The number of hydrogen-bond donors (Lipinski definition) is 1. The van der Waals surface area contributed by atoms with Gasteiger partial charge in [-0.3, -0.25) is 14.6 Å². The first-order chi connectivity index (χ1) is 12.6. The van der Waals surface area contributed by atoms with Crippen LogP contribution in [0.15, 0.2) is 42.7 Å². The molecule has 0 unspecified atom stereocenters. The van der Waals surface area contributed by atoms with Crippen LogP contribution in [-0.2, 0) is 9.57 Å². The highest BCUT2D eigenvalue weighted by atomic mass is 35.5. The Kier molecular flexibility index (Phi) is 7.94. The average Bonchev–Trinajstić information content (AvgIpc) is 2.89. The molecule has 0 aliphatic carbocycles. The fourth-order valence-corrected chi connectivity index (χ4v) is 2.85. The minimum atomic E-state index is -0.541. The van der Waals surface area contributed by atoms with Gasteiger partial charge in [0, 0.05) is 32.5 Å². The van der Waals surface area contributed by atoms with Gasteiger partial charge in [-0.25, -0.2) is 9.45 Å². The zero-order valence-electron chi connectivity index (χ0n) is 14.6. The third kappa shape index (κ3) is 5.37. The van der Waals surface area contributed by atoms with E-state index in [9.17, 15) is 9.18 Å². The van der Waals surface area contributed by atoms with Crippen LogP contribution in [0.4, 0.5) is 4.39 Å². The quantitative estimate of drug-likeness (QED) is 0.777. The summed E-state index contributed by atoms with van der Waals surface area (Å²) in [6, 6.07) is 7.84. The summed E-state index contributed by atoms with van der Waals surface area (Å²) in [6.45, 7) is 1.52. The Labute approximate surface area is 168 Å². The Balaban J connectivity index is 0.00000261. The van der Waals surface area contributed by atoms with Crippen LogP contribution in [0.2, 0.25) is 5.02 Å². The summed E-state index contributed by atoms with van der Waals surface area (Å²) >= 11 is 5.76. The number of ether oxygens (including phenoxy) is 1. The van der Waals surface area contributed by atoms with E-state index in [0.29, 0.717) is 30.8 Å². The summed E-state index contributed by atoms with van der Waals surface area (Å²) in [5, 5.41) is 4.38. The molecule has 1 aromatic heterocycles. The van der Waals surface area contributed by atoms with Crippen LogP contribution in [0.1, 0.15) is 22.0 Å². The van der Waals surface area contributed by atoms with E-state index in [1.165, 1.54) is 25.4 Å². The van der Waals surface area contributed by atoms with Gasteiger partial charge in [-0.15, -0.1) is 12.4 Å². The van der Waals surface area contributed by atoms with Gasteiger partial charge in [-0.05, 0) is 29.8 Å². The van der Waals surface area contributed by atoms with Crippen LogP contribution in [-0.4, -0.2) is 48.8 Å². The van der Waals surface area contributed by atoms with Crippen molar-refractivity contribution in [2.45, 2.75) is 12.2 Å². The maximum atomic E-state index is 13.9. The first-order valence-electron chi connectivity index (χ1n) is 8.18. The lowest BCUT2D eigenvalue weighted by molar-refractivity contribution is -0.183. The Morgan fingerprint density at radius 3 is 2.96 bits per heavy atom. The van der Waals surface area contributed by atoms with Crippen molar-refractivity contribution in [3.05, 3.63) is 64.7 Å². The van der Waals surface area contributed by atoms with E-state index in [2.05, 4.69) is 10.3 Å². The number of benzene rings is 1. The second kappa shape index (κ2) is 9.96. The molecular formula is C18H20Cl2FN3O3. The minimum absolute atomic E-state index is 0. The number of hydrogen-bond acceptors (Lipinski definition) is 5. The van der Waals surface area contributed by atoms with Gasteiger partial charge in [0.2, 0.25) is 0 Å². The molecule has 27 heavy (non-hydrogen) atoms. The molecule has 2 atom stereocenters. The molecule has 0 spiro atoms. The molecule has 1 aliphatic rings. The molecule has 6 nitrogen and oxygen atoms in total. The molecule has 0 bridgehead atoms. The number of pyridine rings is 1. The molecule has 1 N–H and O–H groups in total. The van der Waals surface area contributed by atoms with Gasteiger partial charge in [0.25, 0.3) is 5.91 Å². The van der Waals surface area contributed by atoms with Gasteiger partial charge >= 0.3 is 0 Å². The maximum Gasteiger partial charge on any atom is 0.278 e. The highest BCUT2D eigenvalue weighted by Crippen LogP contribution is 2.28. The molecule has 2 heterocycles. The summed E-state index contributed by atoms with van der Waals surface area (Å²) in [5.41, 5.74) is 1.01. The van der Waals surface area contributed by atoms with Gasteiger partial charge in [0.05, 0.1) is 17.2 Å². The number of aromatic nitrogens is 1. The third-order valence-electron chi connectivity index (χ3n) is 4.02. The zero-order valence-corrected chi connectivity index (χ0v) is 16.2. The van der Waals surface area contributed by atoms with Crippen molar-refractivity contribution < 1.29 is 18.8 Å². The van der Waals surface area contributed by atoms with Crippen molar-refractivity contribution in [1.29, 1.82) is 0 Å². The lowest BCUT2D eigenvalue weighted by Crippen LogP contribution is -2.39. The van der Waals surface area contributed by atoms with Crippen LogP contribution in [0, 0.1) is 5.82 Å². The second-order valence-corrected chi connectivity index (χ2v) is 6.26. The Morgan fingerprint density at radius 2 is 2.26 bits per heavy atom. The largest absolute Gasteiger partial charge is 0.369 e. The van der Waals surface area contributed by atoms with E-state index >= 15 is 0 Å². The first-order valence-corrected chi connectivity index (χ1v) is 8.56. The van der Waals surface area contributed by atoms with E-state index in [1.807, 2.05) is 0 Å². The smallest absolute Gasteiger partial charge is 0.278 e. The van der Waals surface area contributed by atoms with Crippen LogP contribution >= 0.6 is 24.0 Å². The fraction of sp³-hybridized carbons (Fsp3) is 0.333. The Morgan fingerprint density at radius 1 is 1.44 bits per heavy atom. The van der Waals surface area contributed by atoms with Crippen molar-refractivity contribution in [3.63, 3.8) is 0 Å². The topological polar surface area (TPSA) is 63.7 Å². The first kappa shape index (κ1) is 21.5. The Hall–Kier alpha value is -1.77. The van der Waals surface area contributed by atoms with Gasteiger partial charge in [-0.1, -0.05) is 17.7 Å². The summed E-state index contributed by atoms with van der Waals surface area (Å²) in [7, 11) is 1.53. The van der Waals surface area contributed by atoms with Crippen LogP contribution in [0.5, 0.6) is 0 Å². The predicted molar refractivity (Wildman–Crippen MR) is 101 cm³/mol. The fourth-order valence-electron chi connectivity index (χ4n) is 2.73. The van der Waals surface area contributed by atoms with Crippen molar-refractivity contribution in [2.75, 3.05) is 26.7 Å². The van der Waals surface area contributed by atoms with E-state index < -0.39 is 18.0 Å². The highest BCUT2D eigenvalue weighted by molar-refractivity contribution is 6.30. The molecule has 3 rings (SSSR count). The molecule has 1 amide bonds. The summed E-state index contributed by atoms with van der Waals surface area (Å²) < 4.78 is 19.7.